The number of ether oxygens (including phenoxy) is 1. The first-order valence-electron chi connectivity index (χ1n) is 8.23. The Balaban J connectivity index is 2.10. The number of ketones is 1. The lowest BCUT2D eigenvalue weighted by molar-refractivity contribution is -0.123. The van der Waals surface area contributed by atoms with Crippen molar-refractivity contribution in [3.8, 4) is 5.69 Å². The molecule has 0 bridgehead atoms. The van der Waals surface area contributed by atoms with Crippen LogP contribution in [0.15, 0.2) is 76.7 Å². The minimum atomic E-state index is -0.294. The first-order chi connectivity index (χ1) is 13.5. The van der Waals surface area contributed by atoms with Gasteiger partial charge in [-0.1, -0.05) is 47.0 Å². The Hall–Kier alpha value is -2.53. The van der Waals surface area contributed by atoms with Crippen molar-refractivity contribution in [2.45, 2.75) is 6.42 Å². The highest BCUT2D eigenvalue weighted by atomic mass is 35.5. The maximum atomic E-state index is 13.3. The van der Waals surface area contributed by atoms with Gasteiger partial charge in [0.1, 0.15) is 0 Å². The zero-order valence-corrected chi connectivity index (χ0v) is 16.7. The van der Waals surface area contributed by atoms with Gasteiger partial charge in [0.25, 0.3) is 6.47 Å². The Kier molecular flexibility index (Phi) is 6.57. The number of halogens is 3. The largest absolute Gasteiger partial charge is 0.437 e. The number of hydrogen-bond donors (Lipinski definition) is 0. The van der Waals surface area contributed by atoms with Crippen molar-refractivity contribution in [2.24, 2.45) is 0 Å². The third-order valence-corrected chi connectivity index (χ3v) is 5.08. The van der Waals surface area contributed by atoms with Crippen molar-refractivity contribution in [2.75, 3.05) is 0 Å². The Morgan fingerprint density at radius 3 is 2.79 bits per heavy atom. The number of rotatable bonds is 6. The van der Waals surface area contributed by atoms with Crippen LogP contribution in [0, 0.1) is 0 Å². The second-order valence-corrected chi connectivity index (χ2v) is 6.97. The summed E-state index contributed by atoms with van der Waals surface area (Å²) >= 11 is 18.6. The van der Waals surface area contributed by atoms with E-state index in [0.717, 1.165) is 0 Å². The third kappa shape index (κ3) is 4.30. The predicted octanol–water partition coefficient (Wildman–Crippen LogP) is 6.03. The normalized spacial score (nSPS) is 14.2. The van der Waals surface area contributed by atoms with E-state index in [2.05, 4.69) is 4.74 Å². The van der Waals surface area contributed by atoms with Gasteiger partial charge in [-0.3, -0.25) is 9.59 Å². The first kappa shape index (κ1) is 20.2. The van der Waals surface area contributed by atoms with E-state index in [-0.39, 0.29) is 10.8 Å². The zero-order chi connectivity index (χ0) is 20.1. The first-order valence-corrected chi connectivity index (χ1v) is 9.36. The number of allylic oxidation sites excluding steroid dienone is 6. The molecule has 4 nitrogen and oxygen atoms in total. The molecular weight excluding hydrogens is 421 g/mol. The SMILES string of the molecule is O=CO/C=C/c1cccn1-c1ccc(Cl)cc1C(=O)C1=CCC=CC(Cl)=C1Cl. The number of benzene rings is 1. The molecule has 0 aliphatic heterocycles. The average molecular weight is 435 g/mol. The molecule has 28 heavy (non-hydrogen) atoms. The molecule has 1 aromatic heterocycles. The van der Waals surface area contributed by atoms with Gasteiger partial charge < -0.3 is 9.30 Å². The van der Waals surface area contributed by atoms with Gasteiger partial charge in [-0.25, -0.2) is 0 Å². The van der Waals surface area contributed by atoms with E-state index in [1.165, 1.54) is 6.26 Å². The Labute approximate surface area is 177 Å². The second kappa shape index (κ2) is 9.11. The highest BCUT2D eigenvalue weighted by molar-refractivity contribution is 6.44. The molecule has 0 N–H and O–H groups in total. The van der Waals surface area contributed by atoms with Gasteiger partial charge in [0.2, 0.25) is 0 Å². The minimum Gasteiger partial charge on any atom is -0.437 e. The van der Waals surface area contributed by atoms with E-state index in [4.69, 9.17) is 34.8 Å². The molecule has 0 amide bonds. The van der Waals surface area contributed by atoms with Gasteiger partial charge in [0.15, 0.2) is 5.78 Å². The number of Topliss-reactive ketones (excluding diaryl/α,β-unsaturated/α-hetero) is 1. The molecule has 0 fully saturated rings. The smallest absolute Gasteiger partial charge is 0.297 e. The van der Waals surface area contributed by atoms with Crippen LogP contribution in [0.2, 0.25) is 5.02 Å². The molecule has 142 valence electrons. The molecule has 1 aliphatic carbocycles. The van der Waals surface area contributed by atoms with Gasteiger partial charge in [-0.05, 0) is 48.9 Å². The zero-order valence-electron chi connectivity index (χ0n) is 14.4. The molecule has 2 aromatic rings. The molecule has 0 saturated carbocycles. The van der Waals surface area contributed by atoms with Crippen molar-refractivity contribution in [3.63, 3.8) is 0 Å². The molecule has 1 heterocycles. The molecule has 0 unspecified atom stereocenters. The fraction of sp³-hybridized carbons (Fsp3) is 0.0476. The summed E-state index contributed by atoms with van der Waals surface area (Å²) in [4.78, 5) is 23.7. The van der Waals surface area contributed by atoms with Gasteiger partial charge in [0.05, 0.1) is 22.0 Å². The maximum Gasteiger partial charge on any atom is 0.297 e. The van der Waals surface area contributed by atoms with Gasteiger partial charge in [-0.15, -0.1) is 0 Å². The summed E-state index contributed by atoms with van der Waals surface area (Å²) in [7, 11) is 0. The molecule has 0 spiro atoms. The summed E-state index contributed by atoms with van der Waals surface area (Å²) in [5.74, 6) is -0.294. The van der Waals surface area contributed by atoms with Crippen LogP contribution in [0.3, 0.4) is 0 Å². The lowest BCUT2D eigenvalue weighted by atomic mass is 10.00. The quantitative estimate of drug-likeness (QED) is 0.317. The lowest BCUT2D eigenvalue weighted by Gasteiger charge is -2.14. The molecule has 0 atom stereocenters. The van der Waals surface area contributed by atoms with Crippen LogP contribution in [0.5, 0.6) is 0 Å². The van der Waals surface area contributed by atoms with E-state index in [0.29, 0.717) is 45.5 Å². The van der Waals surface area contributed by atoms with E-state index in [1.54, 1.807) is 47.2 Å². The Morgan fingerprint density at radius 1 is 1.18 bits per heavy atom. The fourth-order valence-electron chi connectivity index (χ4n) is 2.78. The monoisotopic (exact) mass is 433 g/mol. The number of carbonyl (C=O) groups excluding carboxylic acids is 2. The van der Waals surface area contributed by atoms with E-state index >= 15 is 0 Å². The van der Waals surface area contributed by atoms with Crippen molar-refractivity contribution in [1.82, 2.24) is 4.57 Å². The lowest BCUT2D eigenvalue weighted by Crippen LogP contribution is -2.10. The fourth-order valence-corrected chi connectivity index (χ4v) is 3.37. The predicted molar refractivity (Wildman–Crippen MR) is 112 cm³/mol. The van der Waals surface area contributed by atoms with Gasteiger partial charge >= 0.3 is 0 Å². The van der Waals surface area contributed by atoms with Crippen LogP contribution in [0.4, 0.5) is 0 Å². The van der Waals surface area contributed by atoms with Crippen LogP contribution in [-0.4, -0.2) is 16.8 Å². The average Bonchev–Trinajstić information content (AvgIpc) is 3.08. The minimum absolute atomic E-state index is 0.193. The topological polar surface area (TPSA) is 48.3 Å². The van der Waals surface area contributed by atoms with Crippen LogP contribution >= 0.6 is 34.8 Å². The third-order valence-electron chi connectivity index (χ3n) is 4.03. The summed E-state index contributed by atoms with van der Waals surface area (Å²) in [5.41, 5.74) is 1.98. The number of carbonyl (C=O) groups is 2. The summed E-state index contributed by atoms with van der Waals surface area (Å²) in [6.07, 6.45) is 10.4. The van der Waals surface area contributed by atoms with E-state index in [1.807, 2.05) is 18.2 Å². The summed E-state index contributed by atoms with van der Waals surface area (Å²) in [6, 6.07) is 8.64. The molecule has 7 heteroatoms. The summed E-state index contributed by atoms with van der Waals surface area (Å²) < 4.78 is 6.39. The highest BCUT2D eigenvalue weighted by Gasteiger charge is 2.22. The summed E-state index contributed by atoms with van der Waals surface area (Å²) in [6.45, 7) is 0.325. The number of aromatic nitrogens is 1. The number of hydrogen-bond acceptors (Lipinski definition) is 3. The standard InChI is InChI=1S/C21H14Cl3NO3/c22-14-7-8-19(25-10-3-4-15(25)9-11-28-13-26)17(12-14)21(27)16-5-1-2-6-18(23)20(16)24/h2-13H,1H2/b11-9+. The Bertz CT molecular complexity index is 1040. The van der Waals surface area contributed by atoms with Crippen molar-refractivity contribution in [1.29, 1.82) is 0 Å². The van der Waals surface area contributed by atoms with Crippen LogP contribution in [0.1, 0.15) is 22.5 Å². The van der Waals surface area contributed by atoms with Crippen LogP contribution in [0.25, 0.3) is 11.8 Å². The van der Waals surface area contributed by atoms with Crippen LogP contribution < -0.4 is 0 Å². The highest BCUT2D eigenvalue weighted by Crippen LogP contribution is 2.32. The molecule has 0 radical (unpaired) electrons. The van der Waals surface area contributed by atoms with Crippen molar-refractivity contribution in [3.05, 3.63) is 92.9 Å². The van der Waals surface area contributed by atoms with Gasteiger partial charge in [-0.2, -0.15) is 0 Å². The summed E-state index contributed by atoms with van der Waals surface area (Å²) in [5, 5.41) is 0.912. The van der Waals surface area contributed by atoms with Crippen molar-refractivity contribution < 1.29 is 14.3 Å². The van der Waals surface area contributed by atoms with E-state index in [9.17, 15) is 9.59 Å². The molecule has 1 aromatic carbocycles. The Morgan fingerprint density at radius 2 is 2.00 bits per heavy atom. The molecule has 0 saturated heterocycles. The van der Waals surface area contributed by atoms with Crippen LogP contribution in [-0.2, 0) is 9.53 Å². The van der Waals surface area contributed by atoms with E-state index < -0.39 is 0 Å². The molecule has 1 aliphatic rings. The van der Waals surface area contributed by atoms with Gasteiger partial charge in [0, 0.05) is 28.0 Å². The molecule has 3 rings (SSSR count). The second-order valence-electron chi connectivity index (χ2n) is 5.75. The number of nitrogens with zero attached hydrogens (tertiary/aromatic N) is 1. The maximum absolute atomic E-state index is 13.3. The van der Waals surface area contributed by atoms with Crippen molar-refractivity contribution >= 4 is 53.1 Å². The molecular formula is C21H14Cl3NO3.